The van der Waals surface area contributed by atoms with Gasteiger partial charge in [-0.05, 0) is 25.0 Å². The van der Waals surface area contributed by atoms with Gasteiger partial charge in [0.25, 0.3) is 0 Å². The van der Waals surface area contributed by atoms with Crippen LogP contribution in [0, 0.1) is 0 Å². The highest BCUT2D eigenvalue weighted by molar-refractivity contribution is 5.99. The summed E-state index contributed by atoms with van der Waals surface area (Å²) in [6, 6.07) is 3.67. The first-order chi connectivity index (χ1) is 13.7. The molecule has 1 saturated carbocycles. The molecule has 1 saturated heterocycles. The zero-order valence-electron chi connectivity index (χ0n) is 15.8. The van der Waals surface area contributed by atoms with Crippen LogP contribution in [0.3, 0.4) is 0 Å². The van der Waals surface area contributed by atoms with E-state index in [9.17, 15) is 27.6 Å². The lowest BCUT2D eigenvalue weighted by Crippen LogP contribution is -2.69. The topological polar surface area (TPSA) is 87.7 Å². The molecule has 1 aromatic carbocycles. The summed E-state index contributed by atoms with van der Waals surface area (Å²) in [7, 11) is 1.41. The van der Waals surface area contributed by atoms with Crippen molar-refractivity contribution in [3.05, 3.63) is 24.3 Å². The third-order valence-corrected chi connectivity index (χ3v) is 5.29. The molecule has 3 amide bonds. The summed E-state index contributed by atoms with van der Waals surface area (Å²) in [5.41, 5.74) is 0.320. The van der Waals surface area contributed by atoms with Crippen molar-refractivity contribution in [2.24, 2.45) is 0 Å². The number of para-hydroxylation sites is 2. The first-order valence-corrected chi connectivity index (χ1v) is 9.35. The molecule has 10 heteroatoms. The van der Waals surface area contributed by atoms with Crippen LogP contribution < -0.4 is 15.4 Å². The van der Waals surface area contributed by atoms with Gasteiger partial charge in [-0.2, -0.15) is 13.2 Å². The minimum atomic E-state index is -5.13. The van der Waals surface area contributed by atoms with Crippen molar-refractivity contribution < 1.29 is 32.3 Å². The molecule has 2 N–H and O–H groups in total. The third kappa shape index (κ3) is 4.46. The van der Waals surface area contributed by atoms with E-state index in [1.807, 2.05) is 0 Å². The Balaban J connectivity index is 1.83. The monoisotopic (exact) mass is 413 g/mol. The molecule has 29 heavy (non-hydrogen) atoms. The molecular weight excluding hydrogens is 391 g/mol. The minimum Gasteiger partial charge on any atom is -0.495 e. The quantitative estimate of drug-likeness (QED) is 0.793. The first kappa shape index (κ1) is 20.9. The average molecular weight is 413 g/mol. The van der Waals surface area contributed by atoms with E-state index < -0.39 is 48.4 Å². The molecule has 1 heterocycles. The lowest BCUT2D eigenvalue weighted by molar-refractivity contribution is -0.195. The zero-order chi connectivity index (χ0) is 21.2. The zero-order valence-corrected chi connectivity index (χ0v) is 15.8. The van der Waals surface area contributed by atoms with Crippen molar-refractivity contribution in [1.29, 1.82) is 0 Å². The molecule has 158 valence electrons. The number of methoxy groups -OCH3 is 1. The highest BCUT2D eigenvalue weighted by Crippen LogP contribution is 2.33. The van der Waals surface area contributed by atoms with Crippen LogP contribution in [0.4, 0.5) is 18.9 Å². The predicted molar refractivity (Wildman–Crippen MR) is 97.1 cm³/mol. The third-order valence-electron chi connectivity index (χ3n) is 5.29. The number of anilines is 1. The number of alkyl halides is 3. The van der Waals surface area contributed by atoms with Crippen LogP contribution in [0.15, 0.2) is 24.3 Å². The molecule has 1 aliphatic carbocycles. The number of ether oxygens (including phenoxy) is 1. The highest BCUT2D eigenvalue weighted by Gasteiger charge is 2.53. The van der Waals surface area contributed by atoms with Gasteiger partial charge in [0.2, 0.25) is 11.8 Å². The molecule has 2 fully saturated rings. The van der Waals surface area contributed by atoms with E-state index in [0.717, 1.165) is 6.42 Å². The predicted octanol–water partition coefficient (Wildman–Crippen LogP) is 2.22. The minimum absolute atomic E-state index is 0.320. The Morgan fingerprint density at radius 2 is 1.93 bits per heavy atom. The van der Waals surface area contributed by atoms with Crippen molar-refractivity contribution in [1.82, 2.24) is 10.2 Å². The number of carbonyl (C=O) groups is 3. The normalized spacial score (nSPS) is 24.3. The Morgan fingerprint density at radius 3 is 2.62 bits per heavy atom. The number of hydrogen-bond acceptors (Lipinski definition) is 4. The lowest BCUT2D eigenvalue weighted by atomic mass is 9.85. The van der Waals surface area contributed by atoms with Crippen LogP contribution in [0.2, 0.25) is 0 Å². The summed E-state index contributed by atoms with van der Waals surface area (Å²) in [6.45, 7) is 0. The van der Waals surface area contributed by atoms with Crippen LogP contribution in [-0.2, 0) is 14.4 Å². The number of carbonyl (C=O) groups excluding carboxylic acids is 3. The van der Waals surface area contributed by atoms with E-state index in [-0.39, 0.29) is 0 Å². The lowest BCUT2D eigenvalue weighted by Gasteiger charge is -2.48. The van der Waals surface area contributed by atoms with Crippen LogP contribution in [0.1, 0.15) is 32.1 Å². The number of nitrogens with zero attached hydrogens (tertiary/aromatic N) is 1. The average Bonchev–Trinajstić information content (AvgIpc) is 2.67. The molecule has 3 rings (SSSR count). The Hall–Kier alpha value is -2.78. The maximum atomic E-state index is 13.2. The maximum absolute atomic E-state index is 13.2. The summed E-state index contributed by atoms with van der Waals surface area (Å²) in [5, 5.41) is 5.23. The molecular formula is C19H22F3N3O4. The number of benzene rings is 1. The standard InChI is InChI=1S/C19H22F3N3O4/c1-29-15-9-5-3-7-12(15)23-16(26)10-14-17(27)24-11-6-2-4-8-13(11)25(14)18(28)19(20,21)22/h3,5,7,9,11,13-14H,2,4,6,8,10H2,1H3,(H,23,26)(H,24,27)/t11-,13-,14-/m0/s1. The van der Waals surface area contributed by atoms with Gasteiger partial charge >= 0.3 is 12.1 Å². The van der Waals surface area contributed by atoms with Gasteiger partial charge in [-0.1, -0.05) is 25.0 Å². The Kier molecular flexibility index (Phi) is 5.99. The molecule has 0 bridgehead atoms. The molecule has 0 spiro atoms. The fourth-order valence-corrected chi connectivity index (χ4v) is 4.00. The second-order valence-electron chi connectivity index (χ2n) is 7.15. The van der Waals surface area contributed by atoms with E-state index in [4.69, 9.17) is 4.74 Å². The van der Waals surface area contributed by atoms with E-state index >= 15 is 0 Å². The van der Waals surface area contributed by atoms with Crippen molar-refractivity contribution in [2.45, 2.75) is 56.4 Å². The molecule has 0 radical (unpaired) electrons. The molecule has 2 aliphatic rings. The number of piperazine rings is 1. The van der Waals surface area contributed by atoms with Crippen molar-refractivity contribution in [3.8, 4) is 5.75 Å². The summed E-state index contributed by atoms with van der Waals surface area (Å²) in [5.74, 6) is -3.16. The Bertz CT molecular complexity index is 799. The van der Waals surface area contributed by atoms with E-state index in [1.54, 1.807) is 24.3 Å². The van der Waals surface area contributed by atoms with Gasteiger partial charge in [0, 0.05) is 6.04 Å². The second-order valence-corrected chi connectivity index (χ2v) is 7.15. The first-order valence-electron chi connectivity index (χ1n) is 9.35. The van der Waals surface area contributed by atoms with Crippen LogP contribution in [0.25, 0.3) is 0 Å². The number of hydrogen-bond donors (Lipinski definition) is 2. The SMILES string of the molecule is COc1ccccc1NC(=O)C[C@H]1C(=O)N[C@H]2CCCC[C@@H]2N1C(=O)C(F)(F)F. The largest absolute Gasteiger partial charge is 0.495 e. The van der Waals surface area contributed by atoms with Crippen LogP contribution in [0.5, 0.6) is 5.75 Å². The number of rotatable bonds is 4. The van der Waals surface area contributed by atoms with Gasteiger partial charge in [-0.3, -0.25) is 14.4 Å². The summed E-state index contributed by atoms with van der Waals surface area (Å²) >= 11 is 0. The molecule has 0 aromatic heterocycles. The second kappa shape index (κ2) is 8.30. The van der Waals surface area contributed by atoms with E-state index in [2.05, 4.69) is 10.6 Å². The van der Waals surface area contributed by atoms with Crippen molar-refractivity contribution in [2.75, 3.05) is 12.4 Å². The van der Waals surface area contributed by atoms with Gasteiger partial charge in [0.05, 0.1) is 25.3 Å². The molecule has 1 aliphatic heterocycles. The highest BCUT2D eigenvalue weighted by atomic mass is 19.4. The number of nitrogens with one attached hydrogen (secondary N) is 2. The summed E-state index contributed by atoms with van der Waals surface area (Å²) in [6.07, 6.45) is -3.46. The number of halogens is 3. The molecule has 3 atom stereocenters. The van der Waals surface area contributed by atoms with Gasteiger partial charge in [0.15, 0.2) is 0 Å². The van der Waals surface area contributed by atoms with Gasteiger partial charge < -0.3 is 20.3 Å². The number of amides is 3. The molecule has 0 unspecified atom stereocenters. The smallest absolute Gasteiger partial charge is 0.471 e. The van der Waals surface area contributed by atoms with Crippen molar-refractivity contribution >= 4 is 23.4 Å². The molecule has 1 aromatic rings. The van der Waals surface area contributed by atoms with E-state index in [1.165, 1.54) is 7.11 Å². The van der Waals surface area contributed by atoms with E-state index in [0.29, 0.717) is 35.6 Å². The van der Waals surface area contributed by atoms with Gasteiger partial charge in [-0.25, -0.2) is 0 Å². The fraction of sp³-hybridized carbons (Fsp3) is 0.526. The van der Waals surface area contributed by atoms with Crippen molar-refractivity contribution in [3.63, 3.8) is 0 Å². The van der Waals surface area contributed by atoms with Crippen LogP contribution >= 0.6 is 0 Å². The fourth-order valence-electron chi connectivity index (χ4n) is 4.00. The Labute approximate surface area is 165 Å². The van der Waals surface area contributed by atoms with Gasteiger partial charge in [0.1, 0.15) is 11.8 Å². The summed E-state index contributed by atoms with van der Waals surface area (Å²) < 4.78 is 44.8. The summed E-state index contributed by atoms with van der Waals surface area (Å²) in [4.78, 5) is 37.7. The Morgan fingerprint density at radius 1 is 1.24 bits per heavy atom. The number of fused-ring (bicyclic) bond motifs is 1. The van der Waals surface area contributed by atoms with Gasteiger partial charge in [-0.15, -0.1) is 0 Å². The molecule has 7 nitrogen and oxygen atoms in total. The maximum Gasteiger partial charge on any atom is 0.471 e. The van der Waals surface area contributed by atoms with Crippen LogP contribution in [-0.4, -0.2) is 54.0 Å².